The Labute approximate surface area is 139 Å². The standard InChI is InChI=1S/C18H17FN4O/c19-15-6-8-16(9-7-15)23-10-11-24-18(23)17-13-22(21-20-17)12-14-4-2-1-3-5-14/h1-9,13,18H,10-12H2/t18-/m0/s1. The van der Waals surface area contributed by atoms with E-state index in [4.69, 9.17) is 4.74 Å². The fourth-order valence-corrected chi connectivity index (χ4v) is 2.89. The average Bonchev–Trinajstić information content (AvgIpc) is 3.25. The maximum absolute atomic E-state index is 13.1. The van der Waals surface area contributed by atoms with Gasteiger partial charge in [0.05, 0.1) is 19.3 Å². The second kappa shape index (κ2) is 6.41. The van der Waals surface area contributed by atoms with Crippen molar-refractivity contribution in [2.75, 3.05) is 18.1 Å². The molecule has 0 amide bonds. The summed E-state index contributed by atoms with van der Waals surface area (Å²) >= 11 is 0. The monoisotopic (exact) mass is 324 g/mol. The highest BCUT2D eigenvalue weighted by molar-refractivity contribution is 5.48. The summed E-state index contributed by atoms with van der Waals surface area (Å²) in [5, 5.41) is 8.46. The maximum Gasteiger partial charge on any atom is 0.177 e. The number of halogens is 1. The quantitative estimate of drug-likeness (QED) is 0.740. The van der Waals surface area contributed by atoms with Gasteiger partial charge in [-0.15, -0.1) is 5.10 Å². The van der Waals surface area contributed by atoms with Gasteiger partial charge in [-0.05, 0) is 29.8 Å². The zero-order valence-electron chi connectivity index (χ0n) is 13.0. The van der Waals surface area contributed by atoms with Crippen LogP contribution in [0.2, 0.25) is 0 Å². The van der Waals surface area contributed by atoms with Crippen LogP contribution in [0.15, 0.2) is 60.8 Å². The van der Waals surface area contributed by atoms with Crippen molar-refractivity contribution < 1.29 is 9.13 Å². The van der Waals surface area contributed by atoms with Crippen LogP contribution in [-0.4, -0.2) is 28.1 Å². The largest absolute Gasteiger partial charge is 0.350 e. The van der Waals surface area contributed by atoms with Gasteiger partial charge in [0, 0.05) is 12.2 Å². The first-order chi connectivity index (χ1) is 11.8. The van der Waals surface area contributed by atoms with E-state index in [0.717, 1.165) is 23.5 Å². The molecular formula is C18H17FN4O. The number of hydrogen-bond acceptors (Lipinski definition) is 4. The van der Waals surface area contributed by atoms with E-state index < -0.39 is 0 Å². The molecule has 2 heterocycles. The lowest BCUT2D eigenvalue weighted by Crippen LogP contribution is -2.23. The van der Waals surface area contributed by atoms with Crippen molar-refractivity contribution in [1.82, 2.24) is 15.0 Å². The van der Waals surface area contributed by atoms with E-state index in [0.29, 0.717) is 13.2 Å². The number of nitrogens with zero attached hydrogens (tertiary/aromatic N) is 4. The molecule has 1 atom stereocenters. The van der Waals surface area contributed by atoms with Crippen molar-refractivity contribution >= 4 is 5.69 Å². The van der Waals surface area contributed by atoms with Crippen molar-refractivity contribution in [3.05, 3.63) is 77.9 Å². The van der Waals surface area contributed by atoms with Crippen molar-refractivity contribution in [3.63, 3.8) is 0 Å². The lowest BCUT2D eigenvalue weighted by molar-refractivity contribution is 0.110. The fourth-order valence-electron chi connectivity index (χ4n) is 2.89. The van der Waals surface area contributed by atoms with Gasteiger partial charge < -0.3 is 9.64 Å². The normalized spacial score (nSPS) is 17.4. The van der Waals surface area contributed by atoms with E-state index in [1.54, 1.807) is 16.8 Å². The van der Waals surface area contributed by atoms with Crippen LogP contribution in [0, 0.1) is 5.82 Å². The van der Waals surface area contributed by atoms with E-state index in [1.165, 1.54) is 12.1 Å². The van der Waals surface area contributed by atoms with Gasteiger partial charge in [-0.3, -0.25) is 0 Å². The van der Waals surface area contributed by atoms with Crippen LogP contribution in [0.4, 0.5) is 10.1 Å². The van der Waals surface area contributed by atoms with Crippen LogP contribution < -0.4 is 4.90 Å². The smallest absolute Gasteiger partial charge is 0.177 e. The number of rotatable bonds is 4. The number of benzene rings is 2. The van der Waals surface area contributed by atoms with Crippen LogP contribution in [-0.2, 0) is 11.3 Å². The minimum absolute atomic E-state index is 0.246. The summed E-state index contributed by atoms with van der Waals surface area (Å²) in [6, 6.07) is 16.5. The molecule has 1 fully saturated rings. The zero-order valence-corrected chi connectivity index (χ0v) is 13.0. The summed E-state index contributed by atoms with van der Waals surface area (Å²) in [6.45, 7) is 2.01. The molecule has 1 aromatic heterocycles. The number of ether oxygens (including phenoxy) is 1. The molecule has 0 saturated carbocycles. The van der Waals surface area contributed by atoms with Gasteiger partial charge in [0.15, 0.2) is 6.23 Å². The Kier molecular flexibility index (Phi) is 3.96. The molecule has 4 rings (SSSR count). The molecule has 1 saturated heterocycles. The van der Waals surface area contributed by atoms with Gasteiger partial charge in [-0.25, -0.2) is 9.07 Å². The molecule has 5 nitrogen and oxygen atoms in total. The molecule has 3 aromatic rings. The van der Waals surface area contributed by atoms with E-state index in [2.05, 4.69) is 27.3 Å². The lowest BCUT2D eigenvalue weighted by Gasteiger charge is -2.23. The molecular weight excluding hydrogens is 307 g/mol. The van der Waals surface area contributed by atoms with Crippen molar-refractivity contribution in [3.8, 4) is 0 Å². The highest BCUT2D eigenvalue weighted by atomic mass is 19.1. The third-order valence-corrected chi connectivity index (χ3v) is 4.05. The first kappa shape index (κ1) is 14.8. The molecule has 2 aromatic carbocycles. The Bertz CT molecular complexity index is 803. The fraction of sp³-hybridized carbons (Fsp3) is 0.222. The van der Waals surface area contributed by atoms with Gasteiger partial charge >= 0.3 is 0 Å². The number of hydrogen-bond donors (Lipinski definition) is 0. The molecule has 1 aliphatic heterocycles. The predicted molar refractivity (Wildman–Crippen MR) is 88.0 cm³/mol. The highest BCUT2D eigenvalue weighted by Crippen LogP contribution is 2.31. The molecule has 0 N–H and O–H groups in total. The van der Waals surface area contributed by atoms with E-state index in [9.17, 15) is 4.39 Å². The number of anilines is 1. The Morgan fingerprint density at radius 3 is 2.67 bits per heavy atom. The maximum atomic E-state index is 13.1. The summed E-state index contributed by atoms with van der Waals surface area (Å²) in [7, 11) is 0. The minimum atomic E-state index is -0.292. The molecule has 122 valence electrons. The summed E-state index contributed by atoms with van der Waals surface area (Å²) in [4.78, 5) is 2.07. The van der Waals surface area contributed by atoms with Gasteiger partial charge in [0.2, 0.25) is 0 Å². The molecule has 0 unspecified atom stereocenters. The average molecular weight is 324 g/mol. The van der Waals surface area contributed by atoms with Gasteiger partial charge in [-0.1, -0.05) is 35.5 Å². The van der Waals surface area contributed by atoms with Crippen LogP contribution in [0.5, 0.6) is 0 Å². The third kappa shape index (κ3) is 3.00. The first-order valence-electron chi connectivity index (χ1n) is 7.87. The van der Waals surface area contributed by atoms with Gasteiger partial charge in [0.1, 0.15) is 11.5 Å². The van der Waals surface area contributed by atoms with Crippen molar-refractivity contribution in [1.29, 1.82) is 0 Å². The van der Waals surface area contributed by atoms with Crippen LogP contribution in [0.3, 0.4) is 0 Å². The third-order valence-electron chi connectivity index (χ3n) is 4.05. The Morgan fingerprint density at radius 1 is 1.08 bits per heavy atom. The topological polar surface area (TPSA) is 43.2 Å². The molecule has 0 bridgehead atoms. The molecule has 0 aliphatic carbocycles. The Balaban J connectivity index is 1.53. The first-order valence-corrected chi connectivity index (χ1v) is 7.87. The molecule has 1 aliphatic rings. The molecule has 24 heavy (non-hydrogen) atoms. The van der Waals surface area contributed by atoms with Crippen LogP contribution in [0.25, 0.3) is 0 Å². The van der Waals surface area contributed by atoms with Gasteiger partial charge in [0.25, 0.3) is 0 Å². The minimum Gasteiger partial charge on any atom is -0.350 e. The summed E-state index contributed by atoms with van der Waals surface area (Å²) in [5.74, 6) is -0.246. The van der Waals surface area contributed by atoms with E-state index in [-0.39, 0.29) is 12.0 Å². The summed E-state index contributed by atoms with van der Waals surface area (Å²) in [5.41, 5.74) is 2.83. The summed E-state index contributed by atoms with van der Waals surface area (Å²) < 4.78 is 20.7. The molecule has 0 spiro atoms. The van der Waals surface area contributed by atoms with Crippen LogP contribution >= 0.6 is 0 Å². The molecule has 6 heteroatoms. The predicted octanol–water partition coefficient (Wildman–Crippen LogP) is 3.00. The van der Waals surface area contributed by atoms with Crippen molar-refractivity contribution in [2.45, 2.75) is 12.8 Å². The Morgan fingerprint density at radius 2 is 1.88 bits per heavy atom. The lowest BCUT2D eigenvalue weighted by atomic mass is 10.2. The van der Waals surface area contributed by atoms with Gasteiger partial charge in [-0.2, -0.15) is 0 Å². The second-order valence-electron chi connectivity index (χ2n) is 5.72. The van der Waals surface area contributed by atoms with E-state index >= 15 is 0 Å². The van der Waals surface area contributed by atoms with E-state index in [1.807, 2.05) is 24.4 Å². The highest BCUT2D eigenvalue weighted by Gasteiger charge is 2.29. The zero-order chi connectivity index (χ0) is 16.4. The Hall–Kier alpha value is -2.73. The van der Waals surface area contributed by atoms with Crippen molar-refractivity contribution in [2.24, 2.45) is 0 Å². The molecule has 0 radical (unpaired) electrons. The summed E-state index contributed by atoms with van der Waals surface area (Å²) in [6.07, 6.45) is 1.61. The number of aromatic nitrogens is 3. The van der Waals surface area contributed by atoms with Crippen LogP contribution in [0.1, 0.15) is 17.5 Å². The SMILES string of the molecule is Fc1ccc(N2CCO[C@H]2c2cn(Cc3ccccc3)nn2)cc1. The second-order valence-corrected chi connectivity index (χ2v) is 5.72.